The second-order valence-electron chi connectivity index (χ2n) is 7.38. The van der Waals surface area contributed by atoms with Gasteiger partial charge in [0.25, 0.3) is 5.91 Å². The lowest BCUT2D eigenvalue weighted by atomic mass is 10.1. The molecule has 0 spiro atoms. The van der Waals surface area contributed by atoms with E-state index in [-0.39, 0.29) is 11.4 Å². The number of ether oxygens (including phenoxy) is 1. The Hall–Kier alpha value is -3.73. The minimum absolute atomic E-state index is 0.157. The molecular weight excluding hydrogens is 439 g/mol. The number of morpholine rings is 1. The first-order valence-corrected chi connectivity index (χ1v) is 10.1. The molecule has 33 heavy (non-hydrogen) atoms. The molecule has 0 unspecified atom stereocenters. The largest absolute Gasteiger partial charge is 0.418 e. The summed E-state index contributed by atoms with van der Waals surface area (Å²) < 4.78 is 46.6. The van der Waals surface area contributed by atoms with Gasteiger partial charge in [-0.25, -0.2) is 9.67 Å². The van der Waals surface area contributed by atoms with Crippen LogP contribution in [-0.4, -0.2) is 47.0 Å². The van der Waals surface area contributed by atoms with Gasteiger partial charge in [0.05, 0.1) is 36.3 Å². The Balaban J connectivity index is 1.61. The summed E-state index contributed by atoms with van der Waals surface area (Å²) in [5, 5.41) is 6.48. The fourth-order valence-electron chi connectivity index (χ4n) is 3.48. The number of amides is 1. The van der Waals surface area contributed by atoms with Gasteiger partial charge in [-0.3, -0.25) is 9.59 Å². The average molecular weight is 459 g/mol. The van der Waals surface area contributed by atoms with Crippen molar-refractivity contribution in [1.82, 2.24) is 14.8 Å². The number of nitrogens with one attached hydrogen (secondary N) is 1. The lowest BCUT2D eigenvalue weighted by Crippen LogP contribution is -2.36. The van der Waals surface area contributed by atoms with E-state index in [1.807, 2.05) is 4.90 Å². The normalized spacial score (nSPS) is 14.2. The summed E-state index contributed by atoms with van der Waals surface area (Å²) in [6.07, 6.45) is -3.20. The first-order chi connectivity index (χ1) is 15.7. The number of carbonyl (C=O) groups excluding carboxylic acids is 1. The van der Waals surface area contributed by atoms with Gasteiger partial charge in [0.15, 0.2) is 5.69 Å². The van der Waals surface area contributed by atoms with Crippen LogP contribution in [0.2, 0.25) is 0 Å². The topological polar surface area (TPSA) is 89.3 Å². The van der Waals surface area contributed by atoms with Crippen LogP contribution in [0, 0.1) is 6.92 Å². The van der Waals surface area contributed by atoms with Gasteiger partial charge in [-0.05, 0) is 31.2 Å². The van der Waals surface area contributed by atoms with Crippen LogP contribution in [0.1, 0.15) is 21.7 Å². The van der Waals surface area contributed by atoms with Crippen molar-refractivity contribution in [1.29, 1.82) is 0 Å². The second kappa shape index (κ2) is 9.02. The predicted octanol–water partition coefficient (Wildman–Crippen LogP) is 3.04. The fraction of sp³-hybridized carbons (Fsp3) is 0.273. The summed E-state index contributed by atoms with van der Waals surface area (Å²) in [5.74, 6) is -0.130. The van der Waals surface area contributed by atoms with Gasteiger partial charge in [0.2, 0.25) is 5.43 Å². The average Bonchev–Trinajstić information content (AvgIpc) is 2.79. The third-order valence-corrected chi connectivity index (χ3v) is 5.10. The van der Waals surface area contributed by atoms with Crippen LogP contribution in [-0.2, 0) is 10.9 Å². The van der Waals surface area contributed by atoms with Gasteiger partial charge in [0.1, 0.15) is 5.82 Å². The number of alkyl halides is 3. The summed E-state index contributed by atoms with van der Waals surface area (Å²) in [7, 11) is 0. The van der Waals surface area contributed by atoms with Crippen LogP contribution in [0.4, 0.5) is 24.7 Å². The molecule has 1 aromatic carbocycles. The van der Waals surface area contributed by atoms with E-state index in [2.05, 4.69) is 15.4 Å². The van der Waals surface area contributed by atoms with Crippen molar-refractivity contribution < 1.29 is 22.7 Å². The SMILES string of the molecule is Cc1cc(=O)c(C(=O)Nc2ccc(N3CCOCC3)nc2)nn1-c1ccccc1C(F)(F)F. The van der Waals surface area contributed by atoms with Crippen LogP contribution in [0.25, 0.3) is 5.69 Å². The highest BCUT2D eigenvalue weighted by Crippen LogP contribution is 2.33. The number of aryl methyl sites for hydroxylation is 1. The van der Waals surface area contributed by atoms with Gasteiger partial charge >= 0.3 is 6.18 Å². The highest BCUT2D eigenvalue weighted by Gasteiger charge is 2.34. The van der Waals surface area contributed by atoms with E-state index in [4.69, 9.17) is 4.74 Å². The zero-order chi connectivity index (χ0) is 23.6. The van der Waals surface area contributed by atoms with E-state index < -0.39 is 28.8 Å². The van der Waals surface area contributed by atoms with Crippen molar-refractivity contribution in [3.63, 3.8) is 0 Å². The molecule has 8 nitrogen and oxygen atoms in total. The van der Waals surface area contributed by atoms with Crippen molar-refractivity contribution in [3.8, 4) is 5.69 Å². The van der Waals surface area contributed by atoms with Gasteiger partial charge in [-0.1, -0.05) is 12.1 Å². The van der Waals surface area contributed by atoms with E-state index in [1.54, 1.807) is 12.1 Å². The second-order valence-corrected chi connectivity index (χ2v) is 7.38. The van der Waals surface area contributed by atoms with E-state index in [9.17, 15) is 22.8 Å². The molecule has 1 aliphatic rings. The highest BCUT2D eigenvalue weighted by molar-refractivity contribution is 6.02. The Labute approximate surface area is 186 Å². The van der Waals surface area contributed by atoms with Crippen LogP contribution in [0.5, 0.6) is 0 Å². The number of para-hydroxylation sites is 1. The van der Waals surface area contributed by atoms with E-state index in [0.717, 1.165) is 22.6 Å². The predicted molar refractivity (Wildman–Crippen MR) is 115 cm³/mol. The van der Waals surface area contributed by atoms with Crippen LogP contribution in [0.3, 0.4) is 0 Å². The third kappa shape index (κ3) is 4.87. The van der Waals surface area contributed by atoms with Crippen LogP contribution >= 0.6 is 0 Å². The molecule has 1 saturated heterocycles. The molecule has 0 bridgehead atoms. The maximum absolute atomic E-state index is 13.5. The van der Waals surface area contributed by atoms with Crippen molar-refractivity contribution in [2.45, 2.75) is 13.1 Å². The lowest BCUT2D eigenvalue weighted by Gasteiger charge is -2.27. The Kier molecular flexibility index (Phi) is 6.14. The summed E-state index contributed by atoms with van der Waals surface area (Å²) in [5.41, 5.74) is -1.98. The number of halogens is 3. The molecule has 172 valence electrons. The summed E-state index contributed by atoms with van der Waals surface area (Å²) >= 11 is 0. The van der Waals surface area contributed by atoms with Crippen molar-refractivity contribution in [2.24, 2.45) is 0 Å². The smallest absolute Gasteiger partial charge is 0.378 e. The van der Waals surface area contributed by atoms with Crippen LogP contribution in [0.15, 0.2) is 53.5 Å². The molecule has 0 aliphatic carbocycles. The van der Waals surface area contributed by atoms with E-state index in [0.29, 0.717) is 32.0 Å². The maximum atomic E-state index is 13.5. The number of benzene rings is 1. The molecule has 0 atom stereocenters. The molecule has 11 heteroatoms. The Morgan fingerprint density at radius 1 is 1.12 bits per heavy atom. The number of carbonyl (C=O) groups is 1. The number of nitrogens with zero attached hydrogens (tertiary/aromatic N) is 4. The molecular formula is C22H20F3N5O3. The first kappa shape index (κ1) is 22.5. The van der Waals surface area contributed by atoms with Gasteiger partial charge in [-0.15, -0.1) is 0 Å². The molecule has 0 radical (unpaired) electrons. The zero-order valence-corrected chi connectivity index (χ0v) is 17.6. The minimum Gasteiger partial charge on any atom is -0.378 e. The van der Waals surface area contributed by atoms with E-state index >= 15 is 0 Å². The summed E-state index contributed by atoms with van der Waals surface area (Å²) in [6, 6.07) is 9.24. The number of pyridine rings is 1. The van der Waals surface area contributed by atoms with Crippen LogP contribution < -0.4 is 15.6 Å². The molecule has 3 heterocycles. The Bertz CT molecular complexity index is 1220. The summed E-state index contributed by atoms with van der Waals surface area (Å²) in [6.45, 7) is 4.04. The highest BCUT2D eigenvalue weighted by atomic mass is 19.4. The molecule has 4 rings (SSSR count). The monoisotopic (exact) mass is 459 g/mol. The maximum Gasteiger partial charge on any atom is 0.418 e. The zero-order valence-electron chi connectivity index (χ0n) is 17.6. The minimum atomic E-state index is -4.63. The third-order valence-electron chi connectivity index (χ3n) is 5.10. The molecule has 2 aromatic heterocycles. The number of hydrogen-bond donors (Lipinski definition) is 1. The van der Waals surface area contributed by atoms with Crippen molar-refractivity contribution in [2.75, 3.05) is 36.5 Å². The number of aromatic nitrogens is 3. The van der Waals surface area contributed by atoms with E-state index in [1.165, 1.54) is 31.3 Å². The lowest BCUT2D eigenvalue weighted by molar-refractivity contribution is -0.137. The van der Waals surface area contributed by atoms with Gasteiger partial charge in [-0.2, -0.15) is 18.3 Å². The number of hydrogen-bond acceptors (Lipinski definition) is 6. The number of rotatable bonds is 4. The number of anilines is 2. The molecule has 1 amide bonds. The molecule has 1 fully saturated rings. The summed E-state index contributed by atoms with van der Waals surface area (Å²) in [4.78, 5) is 31.5. The molecule has 3 aromatic rings. The molecule has 1 aliphatic heterocycles. The van der Waals surface area contributed by atoms with Gasteiger partial charge in [0, 0.05) is 24.8 Å². The quantitative estimate of drug-likeness (QED) is 0.645. The van der Waals surface area contributed by atoms with Crippen molar-refractivity contribution >= 4 is 17.4 Å². The fourth-order valence-corrected chi connectivity index (χ4v) is 3.48. The molecule has 0 saturated carbocycles. The first-order valence-electron chi connectivity index (χ1n) is 10.1. The Morgan fingerprint density at radius 3 is 2.52 bits per heavy atom. The molecule has 1 N–H and O–H groups in total. The standard InChI is InChI=1S/C22H20F3N5O3/c1-14-12-18(31)20(28-30(14)17-5-3-2-4-16(17)22(23,24)25)21(32)27-15-6-7-19(26-13-15)29-8-10-33-11-9-29/h2-7,12-13H,8-11H2,1H3,(H,27,32). The Morgan fingerprint density at radius 2 is 1.85 bits per heavy atom. The van der Waals surface area contributed by atoms with Gasteiger partial charge < -0.3 is 15.0 Å². The van der Waals surface area contributed by atoms with Crippen molar-refractivity contribution in [3.05, 3.63) is 75.8 Å².